The third kappa shape index (κ3) is 6.18. The Labute approximate surface area is 125 Å². The Kier molecular flexibility index (Phi) is 8.67. The quantitative estimate of drug-likeness (QED) is 0.481. The molecule has 0 unspecified atom stereocenters. The van der Waals surface area contributed by atoms with Crippen LogP contribution in [-0.2, 0) is 14.8 Å². The fourth-order valence-corrected chi connectivity index (χ4v) is 2.26. The average Bonchev–Trinajstić information content (AvgIpc) is 2.39. The normalized spacial score (nSPS) is 10.6. The Hall–Kier alpha value is -0.100. The number of ether oxygens (including phenoxy) is 3. The fourth-order valence-electron chi connectivity index (χ4n) is 1.41. The van der Waals surface area contributed by atoms with Crippen molar-refractivity contribution in [2.75, 3.05) is 33.5 Å². The maximum absolute atomic E-state index is 5.68. The number of alkyl halides is 1. The molecule has 3 nitrogen and oxygen atoms in total. The van der Waals surface area contributed by atoms with Crippen LogP contribution in [0.25, 0.3) is 0 Å². The van der Waals surface area contributed by atoms with Gasteiger partial charge in [0.25, 0.3) is 0 Å². The highest BCUT2D eigenvalue weighted by atomic mass is 79.9. The van der Waals surface area contributed by atoms with E-state index in [0.717, 1.165) is 34.1 Å². The number of methoxy groups -OCH3 is 1. The van der Waals surface area contributed by atoms with Gasteiger partial charge in [-0.2, -0.15) is 0 Å². The van der Waals surface area contributed by atoms with Crippen LogP contribution in [0.15, 0.2) is 22.7 Å². The third-order valence-corrected chi connectivity index (χ3v) is 3.39. The molecule has 0 atom stereocenters. The van der Waals surface area contributed by atoms with Crippen LogP contribution in [0.3, 0.4) is 0 Å². The number of hydrogen-bond donors (Lipinski definition) is 0. The van der Waals surface area contributed by atoms with Gasteiger partial charge in [0.15, 0.2) is 0 Å². The van der Waals surface area contributed by atoms with E-state index < -0.39 is 0 Å². The Morgan fingerprint density at radius 1 is 1.11 bits per heavy atom. The highest BCUT2D eigenvalue weighted by Gasteiger charge is 2.03. The number of halogens is 2. The molecule has 0 aliphatic carbocycles. The van der Waals surface area contributed by atoms with Gasteiger partial charge in [0.2, 0.25) is 0 Å². The summed E-state index contributed by atoms with van der Waals surface area (Å²) in [6.07, 6.45) is 0.918. The van der Waals surface area contributed by atoms with Crippen LogP contribution in [0, 0.1) is 0 Å². The second-order valence-electron chi connectivity index (χ2n) is 3.69. The second kappa shape index (κ2) is 9.78. The first kappa shape index (κ1) is 16.0. The lowest BCUT2D eigenvalue weighted by molar-refractivity contribution is 0.0805. The number of rotatable bonds is 9. The van der Waals surface area contributed by atoms with Gasteiger partial charge in [-0.1, -0.05) is 31.9 Å². The first-order valence-corrected chi connectivity index (χ1v) is 7.73. The molecular weight excluding hydrogens is 364 g/mol. The van der Waals surface area contributed by atoms with Crippen molar-refractivity contribution < 1.29 is 14.2 Å². The summed E-state index contributed by atoms with van der Waals surface area (Å²) in [5.74, 6) is 0.899. The van der Waals surface area contributed by atoms with E-state index in [1.54, 1.807) is 7.11 Å². The van der Waals surface area contributed by atoms with Crippen molar-refractivity contribution in [2.24, 2.45) is 0 Å². The molecule has 5 heteroatoms. The monoisotopic (exact) mass is 380 g/mol. The van der Waals surface area contributed by atoms with Crippen LogP contribution < -0.4 is 4.74 Å². The Bertz CT molecular complexity index is 345. The van der Waals surface area contributed by atoms with Gasteiger partial charge in [0.1, 0.15) is 12.4 Å². The van der Waals surface area contributed by atoms with Crippen molar-refractivity contribution in [3.8, 4) is 5.75 Å². The molecule has 0 aliphatic rings. The Balaban J connectivity index is 2.22. The highest BCUT2D eigenvalue weighted by molar-refractivity contribution is 9.10. The summed E-state index contributed by atoms with van der Waals surface area (Å²) >= 11 is 6.89. The van der Waals surface area contributed by atoms with E-state index in [9.17, 15) is 0 Å². The summed E-state index contributed by atoms with van der Waals surface area (Å²) < 4.78 is 17.1. The minimum Gasteiger partial charge on any atom is -0.491 e. The van der Waals surface area contributed by atoms with E-state index in [0.29, 0.717) is 19.8 Å². The molecule has 1 aromatic carbocycles. The minimum atomic E-state index is 0.564. The van der Waals surface area contributed by atoms with Crippen molar-refractivity contribution in [1.29, 1.82) is 0 Å². The van der Waals surface area contributed by atoms with Gasteiger partial charge >= 0.3 is 0 Å². The first-order chi connectivity index (χ1) is 8.77. The maximum Gasteiger partial charge on any atom is 0.123 e. The summed E-state index contributed by atoms with van der Waals surface area (Å²) in [5.41, 5.74) is 1.13. The zero-order valence-electron chi connectivity index (χ0n) is 10.5. The zero-order valence-corrected chi connectivity index (χ0v) is 13.6. The molecule has 0 bridgehead atoms. The van der Waals surface area contributed by atoms with Crippen LogP contribution in [0.5, 0.6) is 5.75 Å². The van der Waals surface area contributed by atoms with E-state index in [-0.39, 0.29) is 0 Å². The number of benzene rings is 1. The largest absolute Gasteiger partial charge is 0.491 e. The van der Waals surface area contributed by atoms with Crippen molar-refractivity contribution in [2.45, 2.75) is 11.8 Å². The van der Waals surface area contributed by atoms with Gasteiger partial charge in [0, 0.05) is 35.7 Å². The van der Waals surface area contributed by atoms with Crippen LogP contribution in [0.2, 0.25) is 0 Å². The second-order valence-corrected chi connectivity index (χ2v) is 5.17. The Morgan fingerprint density at radius 3 is 2.67 bits per heavy atom. The molecule has 0 aliphatic heterocycles. The molecule has 0 aromatic heterocycles. The van der Waals surface area contributed by atoms with E-state index in [1.165, 1.54) is 0 Å². The van der Waals surface area contributed by atoms with Gasteiger partial charge in [0.05, 0.1) is 6.61 Å². The van der Waals surface area contributed by atoms with Gasteiger partial charge < -0.3 is 14.2 Å². The molecule has 0 spiro atoms. The standard InChI is InChI=1S/C13H18Br2O3/c1-16-5-2-6-17-7-8-18-13-4-3-12(15)9-11(13)10-14/h3-4,9H,2,5-8,10H2,1H3. The summed E-state index contributed by atoms with van der Waals surface area (Å²) in [7, 11) is 1.69. The minimum absolute atomic E-state index is 0.564. The average molecular weight is 382 g/mol. The molecule has 0 saturated heterocycles. The third-order valence-electron chi connectivity index (χ3n) is 2.29. The van der Waals surface area contributed by atoms with Crippen molar-refractivity contribution in [3.05, 3.63) is 28.2 Å². The summed E-state index contributed by atoms with van der Waals surface area (Å²) in [6, 6.07) is 5.98. The lowest BCUT2D eigenvalue weighted by Gasteiger charge is -2.10. The zero-order chi connectivity index (χ0) is 13.2. The molecule has 1 aromatic rings. The lowest BCUT2D eigenvalue weighted by atomic mass is 10.2. The molecule has 0 radical (unpaired) electrons. The topological polar surface area (TPSA) is 27.7 Å². The van der Waals surface area contributed by atoms with Gasteiger partial charge in [-0.25, -0.2) is 0 Å². The number of hydrogen-bond acceptors (Lipinski definition) is 3. The van der Waals surface area contributed by atoms with Crippen molar-refractivity contribution in [1.82, 2.24) is 0 Å². The van der Waals surface area contributed by atoms with Crippen molar-refractivity contribution >= 4 is 31.9 Å². The summed E-state index contributed by atoms with van der Waals surface area (Å²) in [4.78, 5) is 0. The van der Waals surface area contributed by atoms with Crippen LogP contribution in [0.4, 0.5) is 0 Å². The van der Waals surface area contributed by atoms with E-state index >= 15 is 0 Å². The van der Waals surface area contributed by atoms with Crippen LogP contribution in [0.1, 0.15) is 12.0 Å². The van der Waals surface area contributed by atoms with Crippen LogP contribution in [-0.4, -0.2) is 33.5 Å². The highest BCUT2D eigenvalue weighted by Crippen LogP contribution is 2.25. The molecule has 0 N–H and O–H groups in total. The van der Waals surface area contributed by atoms with Gasteiger partial charge in [-0.05, 0) is 24.6 Å². The SMILES string of the molecule is COCCCOCCOc1ccc(Br)cc1CBr. The fraction of sp³-hybridized carbons (Fsp3) is 0.538. The van der Waals surface area contributed by atoms with Gasteiger partial charge in [-0.3, -0.25) is 0 Å². The molecule has 0 heterocycles. The maximum atomic E-state index is 5.68. The molecule has 18 heavy (non-hydrogen) atoms. The summed E-state index contributed by atoms with van der Waals surface area (Å²) in [6.45, 7) is 2.61. The van der Waals surface area contributed by atoms with Crippen LogP contribution >= 0.6 is 31.9 Å². The summed E-state index contributed by atoms with van der Waals surface area (Å²) in [5, 5.41) is 0.774. The molecule has 0 amide bonds. The molecule has 0 fully saturated rings. The molecule has 102 valence electrons. The first-order valence-electron chi connectivity index (χ1n) is 5.81. The smallest absolute Gasteiger partial charge is 0.123 e. The van der Waals surface area contributed by atoms with E-state index in [4.69, 9.17) is 14.2 Å². The molecule has 1 rings (SSSR count). The Morgan fingerprint density at radius 2 is 1.94 bits per heavy atom. The van der Waals surface area contributed by atoms with Gasteiger partial charge in [-0.15, -0.1) is 0 Å². The molecular formula is C13H18Br2O3. The van der Waals surface area contributed by atoms with E-state index in [1.807, 2.05) is 18.2 Å². The predicted molar refractivity (Wildman–Crippen MR) is 79.6 cm³/mol. The lowest BCUT2D eigenvalue weighted by Crippen LogP contribution is -2.09. The molecule has 0 saturated carbocycles. The van der Waals surface area contributed by atoms with E-state index in [2.05, 4.69) is 31.9 Å². The van der Waals surface area contributed by atoms with Crippen molar-refractivity contribution in [3.63, 3.8) is 0 Å². The predicted octanol–water partition coefficient (Wildman–Crippen LogP) is 3.78.